The first-order chi connectivity index (χ1) is 34.5. The summed E-state index contributed by atoms with van der Waals surface area (Å²) in [5.74, 6) is -4.26. The molecule has 1 aromatic carbocycles. The zero-order chi connectivity index (χ0) is 54.2. The number of rotatable bonds is 31. The molecular weight excluding hydrogens is 955 g/mol. The number of carbonyl (C=O) groups excluding carboxylic acids is 6. The van der Waals surface area contributed by atoms with Gasteiger partial charge in [0.05, 0.1) is 98.9 Å². The Kier molecular flexibility index (Phi) is 31.0. The number of nitrogens with one attached hydrogen (secondary N) is 2. The molecule has 0 radical (unpaired) electrons. The molecule has 0 aromatic heterocycles. The third-order valence-corrected chi connectivity index (χ3v) is 10.4. The second-order valence-electron chi connectivity index (χ2n) is 20.4. The third-order valence-electron chi connectivity index (χ3n) is 10.4. The summed E-state index contributed by atoms with van der Waals surface area (Å²) in [7, 11) is 1.61. The molecule has 22 nitrogen and oxygen atoms in total. The molecule has 1 amide bonds. The summed E-state index contributed by atoms with van der Waals surface area (Å²) in [6, 6.07) is 7.28. The van der Waals surface area contributed by atoms with E-state index in [-0.39, 0.29) is 78.8 Å². The van der Waals surface area contributed by atoms with Crippen molar-refractivity contribution in [2.45, 2.75) is 91.8 Å². The van der Waals surface area contributed by atoms with Crippen LogP contribution in [-0.2, 0) is 87.5 Å². The van der Waals surface area contributed by atoms with Gasteiger partial charge in [0, 0.05) is 46.4 Å². The van der Waals surface area contributed by atoms with Crippen molar-refractivity contribution in [3.05, 3.63) is 35.9 Å². The summed E-state index contributed by atoms with van der Waals surface area (Å²) in [5.41, 5.74) is -1.69. The van der Waals surface area contributed by atoms with Gasteiger partial charge in [0.15, 0.2) is 6.54 Å². The normalized spacial score (nSPS) is 17.1. The molecule has 0 saturated carbocycles. The first-order valence-electron chi connectivity index (χ1n) is 25.2. The number of carbonyl (C=O) groups is 6. The van der Waals surface area contributed by atoms with E-state index < -0.39 is 76.2 Å². The van der Waals surface area contributed by atoms with Crippen LogP contribution < -0.4 is 10.6 Å². The number of benzene rings is 1. The molecule has 73 heavy (non-hydrogen) atoms. The lowest BCUT2D eigenvalue weighted by atomic mass is 10.1. The Hall–Kier alpha value is -4.36. The fourth-order valence-electron chi connectivity index (χ4n) is 7.22. The Morgan fingerprint density at radius 3 is 1.52 bits per heavy atom. The number of amides is 1. The maximum absolute atomic E-state index is 14.6. The van der Waals surface area contributed by atoms with Crippen LogP contribution in [0.5, 0.6) is 0 Å². The van der Waals surface area contributed by atoms with E-state index in [2.05, 4.69) is 10.6 Å². The fourth-order valence-corrected chi connectivity index (χ4v) is 7.22. The van der Waals surface area contributed by atoms with Crippen LogP contribution in [0, 0.1) is 0 Å². The van der Waals surface area contributed by atoms with Crippen LogP contribution in [0.15, 0.2) is 30.3 Å². The van der Waals surface area contributed by atoms with Crippen LogP contribution in [-0.4, -0.2) is 238 Å². The van der Waals surface area contributed by atoms with Gasteiger partial charge in [-0.05, 0) is 67.9 Å². The van der Waals surface area contributed by atoms with Crippen LogP contribution in [0.25, 0.3) is 0 Å². The number of hydrogen-bond donors (Lipinski definition) is 2. The van der Waals surface area contributed by atoms with Crippen molar-refractivity contribution < 1.29 is 85.4 Å². The Morgan fingerprint density at radius 1 is 0.562 bits per heavy atom. The molecule has 2 rings (SSSR count). The molecule has 1 aromatic rings. The van der Waals surface area contributed by atoms with Gasteiger partial charge in [-0.25, -0.2) is 9.59 Å². The van der Waals surface area contributed by atoms with E-state index in [1.165, 1.54) is 0 Å². The summed E-state index contributed by atoms with van der Waals surface area (Å²) in [6.07, 6.45) is 0. The lowest BCUT2D eigenvalue weighted by Gasteiger charge is -2.43. The Morgan fingerprint density at radius 2 is 1.03 bits per heavy atom. The highest BCUT2D eigenvalue weighted by atomic mass is 16.6. The van der Waals surface area contributed by atoms with E-state index in [1.807, 2.05) is 11.0 Å². The van der Waals surface area contributed by atoms with Gasteiger partial charge >= 0.3 is 29.8 Å². The van der Waals surface area contributed by atoms with Gasteiger partial charge in [-0.2, -0.15) is 0 Å². The average Bonchev–Trinajstić information content (AvgIpc) is 3.28. The highest BCUT2D eigenvalue weighted by Crippen LogP contribution is 2.21. The van der Waals surface area contributed by atoms with E-state index >= 15 is 0 Å². The van der Waals surface area contributed by atoms with Crippen LogP contribution in [0.1, 0.15) is 67.9 Å². The quantitative estimate of drug-likeness (QED) is 0.0353. The topological polar surface area (TPSA) is 234 Å². The van der Waals surface area contributed by atoms with Crippen molar-refractivity contribution in [2.75, 3.05) is 165 Å². The molecule has 1 aliphatic rings. The summed E-state index contributed by atoms with van der Waals surface area (Å²) < 4.78 is 60.4. The highest BCUT2D eigenvalue weighted by Gasteiger charge is 2.50. The molecule has 2 N–H and O–H groups in total. The molecule has 2 atom stereocenters. The molecule has 0 bridgehead atoms. The van der Waals surface area contributed by atoms with E-state index in [1.54, 1.807) is 98.6 Å². The standard InChI is InChI=1S/C51H87N5O17/c1-49(2,3)71-43(58)37-54-18-16-52-17-22-56(39-45(60)73-51(7,8)9,23-21-55(20-19-54)38-44(59)72-50(4,5)6)46(47(61)53-36-42(57)70-40-41-14-12-11-13-15-41)48(62)69-35-34-68-33-32-67-31-30-66-29-28-65-27-26-64-25-24-63-10/h11-15,46,52H,16-40H2,1-10H3/p+1. The average molecular weight is 1040 g/mol. The molecule has 1 saturated heterocycles. The molecule has 2 unspecified atom stereocenters. The van der Waals surface area contributed by atoms with Crippen molar-refractivity contribution in [2.24, 2.45) is 0 Å². The zero-order valence-corrected chi connectivity index (χ0v) is 45.4. The van der Waals surface area contributed by atoms with E-state index in [0.29, 0.717) is 72.5 Å². The van der Waals surface area contributed by atoms with Gasteiger partial charge in [0.25, 0.3) is 11.9 Å². The first-order valence-corrected chi connectivity index (χ1v) is 25.2. The molecule has 1 aliphatic heterocycles. The molecule has 22 heteroatoms. The van der Waals surface area contributed by atoms with Crippen molar-refractivity contribution >= 4 is 35.8 Å². The van der Waals surface area contributed by atoms with E-state index in [4.69, 9.17) is 52.1 Å². The largest absolute Gasteiger partial charge is 0.460 e. The Labute approximate surface area is 433 Å². The number of ether oxygens (including phenoxy) is 11. The monoisotopic (exact) mass is 1040 g/mol. The maximum atomic E-state index is 14.6. The van der Waals surface area contributed by atoms with Gasteiger partial charge in [0.2, 0.25) is 0 Å². The van der Waals surface area contributed by atoms with Crippen molar-refractivity contribution in [1.82, 2.24) is 20.4 Å². The second kappa shape index (κ2) is 35.0. The summed E-state index contributed by atoms with van der Waals surface area (Å²) >= 11 is 0. The van der Waals surface area contributed by atoms with Crippen molar-refractivity contribution in [3.8, 4) is 0 Å². The van der Waals surface area contributed by atoms with Gasteiger partial charge < -0.3 is 62.7 Å². The Bertz CT molecular complexity index is 1750. The predicted octanol–water partition coefficient (Wildman–Crippen LogP) is 1.54. The number of nitrogens with zero attached hydrogens (tertiary/aromatic N) is 3. The summed E-state index contributed by atoms with van der Waals surface area (Å²) in [5, 5.41) is 5.95. The molecule has 0 spiro atoms. The van der Waals surface area contributed by atoms with E-state index in [9.17, 15) is 28.8 Å². The van der Waals surface area contributed by atoms with Gasteiger partial charge in [0.1, 0.15) is 36.6 Å². The predicted molar refractivity (Wildman–Crippen MR) is 268 cm³/mol. The van der Waals surface area contributed by atoms with Gasteiger partial charge in [-0.15, -0.1) is 0 Å². The lowest BCUT2D eigenvalue weighted by molar-refractivity contribution is -0.927. The minimum atomic E-state index is -1.73. The minimum Gasteiger partial charge on any atom is -0.460 e. The maximum Gasteiger partial charge on any atom is 0.375 e. The second-order valence-corrected chi connectivity index (χ2v) is 20.4. The molecular formula is C51H88N5O17+. The van der Waals surface area contributed by atoms with Crippen LogP contribution in [0.2, 0.25) is 0 Å². The van der Waals surface area contributed by atoms with Crippen LogP contribution in [0.4, 0.5) is 0 Å². The van der Waals surface area contributed by atoms with Crippen molar-refractivity contribution in [1.29, 1.82) is 0 Å². The van der Waals surface area contributed by atoms with Gasteiger partial charge in [-0.3, -0.25) is 33.5 Å². The SMILES string of the molecule is COCCOCCOCCOCCOCCOCCOC(=O)C(C(=O)NCC(=O)OCc1ccccc1)[N+]1(CC(=O)OC(C)(C)C)CCNCCN(CC(=O)OC(C)(C)C)CCN(CC(=O)OC(C)(C)C)CC1. The van der Waals surface area contributed by atoms with E-state index in [0.717, 1.165) is 5.56 Å². The van der Waals surface area contributed by atoms with Gasteiger partial charge in [-0.1, -0.05) is 30.3 Å². The highest BCUT2D eigenvalue weighted by molar-refractivity contribution is 6.01. The number of methoxy groups -OCH3 is 1. The van der Waals surface area contributed by atoms with Crippen LogP contribution >= 0.6 is 0 Å². The minimum absolute atomic E-state index is 0.00428. The first kappa shape index (κ1) is 64.8. The molecule has 418 valence electrons. The molecule has 0 aliphatic carbocycles. The summed E-state index contributed by atoms with van der Waals surface area (Å²) in [4.78, 5) is 86.5. The summed E-state index contributed by atoms with van der Waals surface area (Å²) in [6.45, 7) is 19.6. The van der Waals surface area contributed by atoms with Crippen molar-refractivity contribution in [3.63, 3.8) is 0 Å². The smallest absolute Gasteiger partial charge is 0.375 e. The number of quaternary nitrogens is 1. The number of esters is 5. The molecule has 1 fully saturated rings. The molecule has 1 heterocycles. The third kappa shape index (κ3) is 31.9. The Balaban J connectivity index is 2.35. The van der Waals surface area contributed by atoms with Crippen LogP contribution in [0.3, 0.4) is 0 Å². The zero-order valence-electron chi connectivity index (χ0n) is 45.4. The fraction of sp³-hybridized carbons (Fsp3) is 0.765. The lowest BCUT2D eigenvalue weighted by Crippen LogP contribution is -2.69. The number of hydrogen-bond acceptors (Lipinski definition) is 20.